The minimum absolute atomic E-state index is 0. The van der Waals surface area contributed by atoms with E-state index in [0.717, 1.165) is 11.3 Å². The van der Waals surface area contributed by atoms with Gasteiger partial charge in [0.1, 0.15) is 23.0 Å². The van der Waals surface area contributed by atoms with E-state index in [-0.39, 0.29) is 18.3 Å². The molecule has 1 aliphatic carbocycles. The smallest absolute Gasteiger partial charge is 0.144 e. The van der Waals surface area contributed by atoms with Crippen LogP contribution in [-0.2, 0) is 12.2 Å². The predicted molar refractivity (Wildman–Crippen MR) is 95.8 cm³/mol. The molecule has 2 atom stereocenters. The lowest BCUT2D eigenvalue weighted by Crippen LogP contribution is -2.20. The van der Waals surface area contributed by atoms with Crippen LogP contribution in [-0.4, -0.2) is 20.8 Å². The summed E-state index contributed by atoms with van der Waals surface area (Å²) in [5.41, 5.74) is -0.205. The van der Waals surface area contributed by atoms with Crippen LogP contribution in [0.5, 0.6) is 11.5 Å². The Labute approximate surface area is 152 Å². The summed E-state index contributed by atoms with van der Waals surface area (Å²) < 4.78 is 39.0. The van der Waals surface area contributed by atoms with Crippen LogP contribution < -0.4 is 14.8 Å². The Morgan fingerprint density at radius 1 is 1.12 bits per heavy atom. The van der Waals surface area contributed by atoms with Gasteiger partial charge >= 0.3 is 0 Å². The molecule has 1 aliphatic rings. The average Bonchev–Trinajstić information content (AvgIpc) is 3.26. The standard InChI is InChI=1S/C19H21F2NO2.ClH/c1-23-17-6-4-3-5-13(17)11-22-12-14-10-19(14,21)16-9-15(20)7-8-18(16)24-2;/h3-9,14,22H,10-12H2,1-2H3;1H. The number of rotatable bonds is 7. The highest BCUT2D eigenvalue weighted by atomic mass is 35.5. The maximum atomic E-state index is 15.1. The molecular formula is C19H22ClF2NO2. The Morgan fingerprint density at radius 2 is 1.84 bits per heavy atom. The minimum atomic E-state index is -1.53. The van der Waals surface area contributed by atoms with Crippen molar-refractivity contribution < 1.29 is 18.3 Å². The van der Waals surface area contributed by atoms with Crippen LogP contribution in [0.15, 0.2) is 42.5 Å². The molecule has 0 bridgehead atoms. The summed E-state index contributed by atoms with van der Waals surface area (Å²) in [5.74, 6) is 0.559. The molecular weight excluding hydrogens is 348 g/mol. The summed E-state index contributed by atoms with van der Waals surface area (Å²) in [6.07, 6.45) is 0.367. The average molecular weight is 370 g/mol. The largest absolute Gasteiger partial charge is 0.496 e. The van der Waals surface area contributed by atoms with Gasteiger partial charge in [-0.1, -0.05) is 18.2 Å². The van der Waals surface area contributed by atoms with E-state index in [0.29, 0.717) is 30.8 Å². The second-order valence-electron chi connectivity index (χ2n) is 6.05. The Kier molecular flexibility index (Phi) is 6.25. The number of hydrogen-bond donors (Lipinski definition) is 1. The van der Waals surface area contributed by atoms with Gasteiger partial charge in [-0.05, 0) is 30.7 Å². The van der Waals surface area contributed by atoms with E-state index >= 15 is 4.39 Å². The molecule has 2 aromatic carbocycles. The molecule has 136 valence electrons. The van der Waals surface area contributed by atoms with E-state index < -0.39 is 11.5 Å². The van der Waals surface area contributed by atoms with Gasteiger partial charge in [0.25, 0.3) is 0 Å². The first-order chi connectivity index (χ1) is 11.6. The number of methoxy groups -OCH3 is 2. The SMILES string of the molecule is COc1ccccc1CNCC1CC1(F)c1cc(F)ccc1OC.Cl. The van der Waals surface area contributed by atoms with E-state index in [1.54, 1.807) is 7.11 Å². The summed E-state index contributed by atoms with van der Waals surface area (Å²) in [5, 5.41) is 3.26. The molecule has 6 heteroatoms. The molecule has 0 aromatic heterocycles. The van der Waals surface area contributed by atoms with Crippen LogP contribution in [0, 0.1) is 11.7 Å². The molecule has 3 nitrogen and oxygen atoms in total. The third kappa shape index (κ3) is 4.05. The summed E-state index contributed by atoms with van der Waals surface area (Å²) in [6.45, 7) is 1.10. The number of benzene rings is 2. The van der Waals surface area contributed by atoms with E-state index in [4.69, 9.17) is 9.47 Å². The summed E-state index contributed by atoms with van der Waals surface area (Å²) in [7, 11) is 3.10. The van der Waals surface area contributed by atoms with Crippen molar-refractivity contribution in [3.63, 3.8) is 0 Å². The van der Waals surface area contributed by atoms with Crippen molar-refractivity contribution in [3.05, 3.63) is 59.4 Å². The lowest BCUT2D eigenvalue weighted by Gasteiger charge is -2.14. The van der Waals surface area contributed by atoms with Gasteiger partial charge in [0.05, 0.1) is 14.2 Å². The van der Waals surface area contributed by atoms with Crippen molar-refractivity contribution in [2.45, 2.75) is 18.6 Å². The van der Waals surface area contributed by atoms with Crippen LogP contribution in [0.4, 0.5) is 8.78 Å². The number of nitrogens with one attached hydrogen (secondary N) is 1. The van der Waals surface area contributed by atoms with Crippen molar-refractivity contribution in [2.75, 3.05) is 20.8 Å². The van der Waals surface area contributed by atoms with Crippen molar-refractivity contribution in [2.24, 2.45) is 5.92 Å². The zero-order valence-electron chi connectivity index (χ0n) is 14.2. The minimum Gasteiger partial charge on any atom is -0.496 e. The Balaban J connectivity index is 0.00000225. The third-order valence-electron chi connectivity index (χ3n) is 4.54. The highest BCUT2D eigenvalue weighted by Crippen LogP contribution is 2.57. The first-order valence-corrected chi connectivity index (χ1v) is 7.94. The Hall–Kier alpha value is -1.85. The van der Waals surface area contributed by atoms with Gasteiger partial charge in [-0.25, -0.2) is 8.78 Å². The molecule has 2 unspecified atom stereocenters. The van der Waals surface area contributed by atoms with E-state index in [9.17, 15) is 4.39 Å². The van der Waals surface area contributed by atoms with Gasteiger partial charge in [0.2, 0.25) is 0 Å². The fraction of sp³-hybridized carbons (Fsp3) is 0.368. The van der Waals surface area contributed by atoms with Crippen molar-refractivity contribution in [3.8, 4) is 11.5 Å². The molecule has 0 amide bonds. The molecule has 1 fully saturated rings. The molecule has 1 N–H and O–H groups in total. The topological polar surface area (TPSA) is 30.5 Å². The Bertz CT molecular complexity index is 728. The van der Waals surface area contributed by atoms with Crippen LogP contribution in [0.2, 0.25) is 0 Å². The molecule has 0 saturated heterocycles. The molecule has 25 heavy (non-hydrogen) atoms. The fourth-order valence-electron chi connectivity index (χ4n) is 3.10. The van der Waals surface area contributed by atoms with E-state index in [1.165, 1.54) is 25.3 Å². The molecule has 0 aliphatic heterocycles. The second-order valence-corrected chi connectivity index (χ2v) is 6.05. The van der Waals surface area contributed by atoms with Crippen LogP contribution in [0.3, 0.4) is 0 Å². The zero-order chi connectivity index (χ0) is 17.2. The molecule has 0 radical (unpaired) electrons. The normalized spacial score (nSPS) is 21.4. The molecule has 1 saturated carbocycles. The van der Waals surface area contributed by atoms with Crippen molar-refractivity contribution in [1.29, 1.82) is 0 Å². The molecule has 0 spiro atoms. The van der Waals surface area contributed by atoms with Gasteiger partial charge in [-0.2, -0.15) is 0 Å². The fourth-order valence-corrected chi connectivity index (χ4v) is 3.10. The second kappa shape index (κ2) is 8.02. The number of para-hydroxylation sites is 1. The maximum Gasteiger partial charge on any atom is 0.144 e. The van der Waals surface area contributed by atoms with Gasteiger partial charge < -0.3 is 14.8 Å². The van der Waals surface area contributed by atoms with Crippen LogP contribution in [0.1, 0.15) is 17.5 Å². The van der Waals surface area contributed by atoms with E-state index in [2.05, 4.69) is 5.32 Å². The number of hydrogen-bond acceptors (Lipinski definition) is 3. The number of alkyl halides is 1. The number of ether oxygens (including phenoxy) is 2. The van der Waals surface area contributed by atoms with Crippen molar-refractivity contribution in [1.82, 2.24) is 5.32 Å². The third-order valence-corrected chi connectivity index (χ3v) is 4.54. The van der Waals surface area contributed by atoms with Crippen molar-refractivity contribution >= 4 is 12.4 Å². The predicted octanol–water partition coefficient (Wildman–Crippen LogP) is 4.24. The van der Waals surface area contributed by atoms with Crippen LogP contribution >= 0.6 is 12.4 Å². The van der Waals surface area contributed by atoms with E-state index in [1.807, 2.05) is 24.3 Å². The highest BCUT2D eigenvalue weighted by Gasteiger charge is 2.57. The first kappa shape index (κ1) is 19.5. The highest BCUT2D eigenvalue weighted by molar-refractivity contribution is 5.85. The van der Waals surface area contributed by atoms with Gasteiger partial charge in [-0.15, -0.1) is 12.4 Å². The lowest BCUT2D eigenvalue weighted by molar-refractivity contribution is 0.270. The Morgan fingerprint density at radius 3 is 2.56 bits per heavy atom. The summed E-state index contributed by atoms with van der Waals surface area (Å²) in [4.78, 5) is 0. The van der Waals surface area contributed by atoms with Gasteiger partial charge in [0.15, 0.2) is 0 Å². The molecule has 2 aromatic rings. The molecule has 3 rings (SSSR count). The number of halogens is 3. The summed E-state index contributed by atoms with van der Waals surface area (Å²) in [6, 6.07) is 11.7. The maximum absolute atomic E-state index is 15.1. The monoisotopic (exact) mass is 369 g/mol. The van der Waals surface area contributed by atoms with Gasteiger partial charge in [0, 0.05) is 30.1 Å². The quantitative estimate of drug-likeness (QED) is 0.791. The van der Waals surface area contributed by atoms with Crippen LogP contribution in [0.25, 0.3) is 0 Å². The summed E-state index contributed by atoms with van der Waals surface area (Å²) >= 11 is 0. The molecule has 0 heterocycles. The first-order valence-electron chi connectivity index (χ1n) is 7.94. The lowest BCUT2D eigenvalue weighted by atomic mass is 10.1. The van der Waals surface area contributed by atoms with Gasteiger partial charge in [-0.3, -0.25) is 0 Å². The zero-order valence-corrected chi connectivity index (χ0v) is 15.0.